The molecule has 1 saturated heterocycles. The van der Waals surface area contributed by atoms with Gasteiger partial charge in [-0.1, -0.05) is 48.5 Å². The first-order valence-corrected chi connectivity index (χ1v) is 16.7. The average molecular weight is 619 g/mol. The van der Waals surface area contributed by atoms with Gasteiger partial charge in [0.25, 0.3) is 0 Å². The van der Waals surface area contributed by atoms with Crippen LogP contribution in [0.25, 0.3) is 5.70 Å². The van der Waals surface area contributed by atoms with Crippen LogP contribution in [-0.2, 0) is 20.4 Å². The third kappa shape index (κ3) is 9.87. The van der Waals surface area contributed by atoms with Gasteiger partial charge in [0, 0.05) is 59.6 Å². The van der Waals surface area contributed by atoms with E-state index < -0.39 is 0 Å². The Morgan fingerprint density at radius 2 is 1.69 bits per heavy atom. The second-order valence-corrected chi connectivity index (χ2v) is 14.1. The number of piperidine rings is 1. The molecule has 0 atom stereocenters. The lowest BCUT2D eigenvalue weighted by Gasteiger charge is -2.32. The number of hydrogen-bond donors (Lipinski definition) is 1. The molecule has 1 aromatic carbocycles. The zero-order valence-electron chi connectivity index (χ0n) is 27.1. The predicted molar refractivity (Wildman–Crippen MR) is 180 cm³/mol. The number of thioether (sulfide) groups is 1. The highest BCUT2D eigenvalue weighted by molar-refractivity contribution is 8.02. The third-order valence-corrected chi connectivity index (χ3v) is 8.89. The number of phenolic OH excluding ortho intramolecular Hbond substituents is 1. The summed E-state index contributed by atoms with van der Waals surface area (Å²) in [5.74, 6) is 0.986. The molecule has 1 N–H and O–H groups in total. The van der Waals surface area contributed by atoms with E-state index in [2.05, 4.69) is 58.8 Å². The fourth-order valence-corrected chi connectivity index (χ4v) is 5.87. The highest BCUT2D eigenvalue weighted by Gasteiger charge is 2.28. The zero-order valence-corrected chi connectivity index (χ0v) is 28.7. The molecule has 7 nitrogen and oxygen atoms in total. The van der Waals surface area contributed by atoms with Gasteiger partial charge in [-0.2, -0.15) is 5.10 Å². The minimum absolute atomic E-state index is 0.0541. The maximum absolute atomic E-state index is 13.0. The Morgan fingerprint density at radius 3 is 2.12 bits per heavy atom. The van der Waals surface area contributed by atoms with E-state index in [1.165, 1.54) is 0 Å². The van der Waals surface area contributed by atoms with Crippen molar-refractivity contribution in [3.8, 4) is 5.75 Å². The van der Waals surface area contributed by atoms with Gasteiger partial charge in [0.05, 0.1) is 11.6 Å². The Morgan fingerprint density at radius 1 is 1.12 bits per heavy atom. The molecular formula is C33H51ClN4O3S. The minimum atomic E-state index is -0.250. The van der Waals surface area contributed by atoms with Gasteiger partial charge in [0.1, 0.15) is 18.6 Å². The number of amides is 1. The monoisotopic (exact) mass is 618 g/mol. The smallest absolute Gasteiger partial charge is 0.243 e. The molecule has 0 unspecified atom stereocenters. The highest BCUT2D eigenvalue weighted by Crippen LogP contribution is 2.42. The van der Waals surface area contributed by atoms with E-state index in [0.29, 0.717) is 44.1 Å². The number of hydrazone groups is 1. The summed E-state index contributed by atoms with van der Waals surface area (Å²) in [6.07, 6.45) is 7.53. The van der Waals surface area contributed by atoms with Crippen LogP contribution in [0.1, 0.15) is 97.8 Å². The molecular weight excluding hydrogens is 568 g/mol. The van der Waals surface area contributed by atoms with E-state index in [4.69, 9.17) is 16.6 Å². The quantitative estimate of drug-likeness (QED) is 0.115. The molecule has 1 aromatic rings. The summed E-state index contributed by atoms with van der Waals surface area (Å²) in [4.78, 5) is 31.9. The van der Waals surface area contributed by atoms with Crippen LogP contribution in [0, 0.1) is 5.92 Å². The molecule has 0 aliphatic carbocycles. The number of likely N-dealkylation sites (tertiary alicyclic amines) is 1. The number of hydrogen-bond acceptors (Lipinski definition) is 7. The van der Waals surface area contributed by atoms with Crippen LogP contribution in [0.5, 0.6) is 5.75 Å². The number of aromatic hydroxyl groups is 1. The number of alkyl halides is 1. The second-order valence-electron chi connectivity index (χ2n) is 12.9. The number of benzene rings is 1. The number of aliphatic imine (C=N–C) groups is 1. The van der Waals surface area contributed by atoms with E-state index in [9.17, 15) is 14.7 Å². The zero-order chi connectivity index (χ0) is 31.7. The number of allylic oxidation sites excluding steroid dienone is 1. The fourth-order valence-electron chi connectivity index (χ4n) is 4.94. The fraction of sp³-hybridized carbons (Fsp3) is 0.636. The van der Waals surface area contributed by atoms with Gasteiger partial charge in [-0.15, -0.1) is 23.4 Å². The van der Waals surface area contributed by atoms with Crippen LogP contribution in [0.15, 0.2) is 27.1 Å². The summed E-state index contributed by atoms with van der Waals surface area (Å²) in [5.41, 5.74) is 3.87. The number of carbonyl (C=O) groups excluding carboxylic acids is 2. The second kappa shape index (κ2) is 15.9. The van der Waals surface area contributed by atoms with Gasteiger partial charge in [-0.25, -0.2) is 0 Å². The lowest BCUT2D eigenvalue weighted by atomic mass is 9.78. The van der Waals surface area contributed by atoms with Crippen molar-refractivity contribution in [1.29, 1.82) is 0 Å². The molecule has 9 heteroatoms. The van der Waals surface area contributed by atoms with Gasteiger partial charge >= 0.3 is 0 Å². The average Bonchev–Trinajstić information content (AvgIpc) is 2.93. The number of halogens is 1. The van der Waals surface area contributed by atoms with E-state index in [1.54, 1.807) is 16.8 Å². The summed E-state index contributed by atoms with van der Waals surface area (Å²) >= 11 is 8.01. The van der Waals surface area contributed by atoms with E-state index >= 15 is 0 Å². The molecule has 1 aliphatic rings. The van der Waals surface area contributed by atoms with E-state index in [0.717, 1.165) is 52.1 Å². The van der Waals surface area contributed by atoms with Crippen LogP contribution in [0.3, 0.4) is 0 Å². The van der Waals surface area contributed by atoms with Gasteiger partial charge in [-0.05, 0) is 61.3 Å². The van der Waals surface area contributed by atoms with Crippen molar-refractivity contribution in [3.05, 3.63) is 33.7 Å². The van der Waals surface area contributed by atoms with Gasteiger partial charge in [0.2, 0.25) is 5.91 Å². The first-order valence-electron chi connectivity index (χ1n) is 15.0. The van der Waals surface area contributed by atoms with Crippen molar-refractivity contribution in [2.24, 2.45) is 16.0 Å². The molecule has 1 fully saturated rings. The molecule has 1 aliphatic heterocycles. The highest BCUT2D eigenvalue weighted by atomic mass is 35.5. The van der Waals surface area contributed by atoms with E-state index in [1.807, 2.05) is 31.2 Å². The Kier molecular flexibility index (Phi) is 13.6. The normalized spacial score (nSPS) is 16.1. The predicted octanol–water partition coefficient (Wildman–Crippen LogP) is 7.24. The van der Waals surface area contributed by atoms with Crippen molar-refractivity contribution in [1.82, 2.24) is 9.91 Å². The van der Waals surface area contributed by atoms with Gasteiger partial charge in [-0.3, -0.25) is 14.8 Å². The molecule has 2 rings (SSSR count). The van der Waals surface area contributed by atoms with Crippen LogP contribution in [-0.4, -0.2) is 77.4 Å². The summed E-state index contributed by atoms with van der Waals surface area (Å²) in [5, 5.41) is 17.5. The lowest BCUT2D eigenvalue weighted by molar-refractivity contribution is -0.133. The largest absolute Gasteiger partial charge is 0.507 e. The Hall–Kier alpha value is -2.32. The first-order chi connectivity index (χ1) is 19.7. The SMILES string of the molecule is CC/C(CC=O)=N\N(CC)CC(=O)N1CCC(C=N/C(=C(/CCl)SC)c2cc(C(C)(C)C)c(O)c(C(C)(C)C)c2)CC1. The molecule has 42 heavy (non-hydrogen) atoms. The van der Waals surface area contributed by atoms with Gasteiger partial charge in [0.15, 0.2) is 0 Å². The Balaban J connectivity index is 2.28. The number of nitrogens with zero attached hydrogens (tertiary/aromatic N) is 4. The van der Waals surface area contributed by atoms with Crippen LogP contribution >= 0.6 is 23.4 Å². The third-order valence-electron chi connectivity index (χ3n) is 7.63. The molecule has 0 aromatic heterocycles. The number of likely N-dealkylation sites (N-methyl/N-ethyl adjacent to an activating group) is 1. The molecule has 1 amide bonds. The molecule has 0 saturated carbocycles. The maximum Gasteiger partial charge on any atom is 0.243 e. The van der Waals surface area contributed by atoms with Crippen molar-refractivity contribution >= 4 is 53.2 Å². The number of rotatable bonds is 12. The maximum atomic E-state index is 13.0. The molecule has 0 bridgehead atoms. The van der Waals surface area contributed by atoms with Crippen LogP contribution in [0.2, 0.25) is 0 Å². The van der Waals surface area contributed by atoms with Crippen LogP contribution < -0.4 is 0 Å². The Labute approximate surface area is 262 Å². The summed E-state index contributed by atoms with van der Waals surface area (Å²) in [6, 6.07) is 4.12. The molecule has 0 spiro atoms. The number of carbonyl (C=O) groups is 2. The minimum Gasteiger partial charge on any atom is -0.507 e. The standard InChI is InChI=1S/C33H51ClN4O3S/c1-10-25(14-17-39)36-38(11-2)22-29(40)37-15-12-23(13-16-37)21-35-30(28(20-34)42-9)24-18-26(32(3,4)5)31(41)27(19-24)33(6,7)8/h17-19,21,23,41H,10-16,20,22H2,1-9H3/b30-28-,35-21?,36-25+. The van der Waals surface area contributed by atoms with Crippen LogP contribution in [0.4, 0.5) is 0 Å². The van der Waals surface area contributed by atoms with Crippen molar-refractivity contribution < 1.29 is 14.7 Å². The van der Waals surface area contributed by atoms with Crippen molar-refractivity contribution in [2.75, 3.05) is 38.3 Å². The van der Waals surface area contributed by atoms with E-state index in [-0.39, 0.29) is 29.2 Å². The number of aldehydes is 1. The Bertz CT molecular complexity index is 1130. The summed E-state index contributed by atoms with van der Waals surface area (Å²) in [6.45, 7) is 18.7. The van der Waals surface area contributed by atoms with Crippen molar-refractivity contribution in [3.63, 3.8) is 0 Å². The lowest BCUT2D eigenvalue weighted by Crippen LogP contribution is -2.43. The molecule has 1 heterocycles. The van der Waals surface area contributed by atoms with Gasteiger partial charge < -0.3 is 14.8 Å². The summed E-state index contributed by atoms with van der Waals surface area (Å²) in [7, 11) is 0. The molecule has 0 radical (unpaired) electrons. The first kappa shape index (κ1) is 35.9. The van der Waals surface area contributed by atoms with Crippen molar-refractivity contribution in [2.45, 2.75) is 91.9 Å². The number of phenols is 1. The topological polar surface area (TPSA) is 85.6 Å². The summed E-state index contributed by atoms with van der Waals surface area (Å²) < 4.78 is 0. The molecule has 234 valence electrons.